The number of rotatable bonds is 4. The van der Waals surface area contributed by atoms with E-state index in [1.165, 1.54) is 30.1 Å². The second kappa shape index (κ2) is 8.31. The van der Waals surface area contributed by atoms with Crippen LogP contribution < -0.4 is 9.47 Å². The van der Waals surface area contributed by atoms with Crippen LogP contribution in [0.4, 0.5) is 13.2 Å². The maximum atomic E-state index is 13.1. The number of hydrogen-bond donors (Lipinski definition) is 0. The third kappa shape index (κ3) is 4.70. The van der Waals surface area contributed by atoms with Crippen molar-refractivity contribution in [1.82, 2.24) is 4.90 Å². The van der Waals surface area contributed by atoms with Crippen molar-refractivity contribution in [3.8, 4) is 11.5 Å². The predicted octanol–water partition coefficient (Wildman–Crippen LogP) is 4.72. The fourth-order valence-electron chi connectivity index (χ4n) is 2.97. The molecule has 28 heavy (non-hydrogen) atoms. The summed E-state index contributed by atoms with van der Waals surface area (Å²) < 4.78 is 50.6. The number of nitrogens with zero attached hydrogens (tertiary/aromatic N) is 1. The minimum Gasteiger partial charge on any atom is -0.489 e. The number of alkyl halides is 3. The summed E-state index contributed by atoms with van der Waals surface area (Å²) in [4.78, 5) is 13.8. The zero-order chi connectivity index (χ0) is 20.3. The van der Waals surface area contributed by atoms with Crippen LogP contribution in [-0.4, -0.2) is 31.1 Å². The van der Waals surface area contributed by atoms with Crippen molar-refractivity contribution in [1.29, 1.82) is 0 Å². The Morgan fingerprint density at radius 2 is 1.89 bits per heavy atom. The maximum absolute atomic E-state index is 13.1. The van der Waals surface area contributed by atoms with Crippen molar-refractivity contribution >= 4 is 17.5 Å². The molecule has 0 fully saturated rings. The molecule has 2 aromatic rings. The molecule has 1 aliphatic rings. The molecule has 0 unspecified atom stereocenters. The Morgan fingerprint density at radius 1 is 1.18 bits per heavy atom. The van der Waals surface area contributed by atoms with Crippen molar-refractivity contribution < 1.29 is 27.4 Å². The van der Waals surface area contributed by atoms with Gasteiger partial charge in [-0.3, -0.25) is 4.79 Å². The van der Waals surface area contributed by atoms with Crippen LogP contribution in [0.2, 0.25) is 5.02 Å². The van der Waals surface area contributed by atoms with Crippen LogP contribution in [0.1, 0.15) is 23.1 Å². The molecule has 3 rings (SSSR count). The average Bonchev–Trinajstić information content (AvgIpc) is 2.87. The smallest absolute Gasteiger partial charge is 0.416 e. The molecule has 0 aromatic heterocycles. The Kier molecular flexibility index (Phi) is 6.03. The Balaban J connectivity index is 1.74. The summed E-state index contributed by atoms with van der Waals surface area (Å²) in [7, 11) is 1.47. The molecule has 0 N–H and O–H groups in total. The minimum absolute atomic E-state index is 0.0129. The average molecular weight is 414 g/mol. The van der Waals surface area contributed by atoms with Crippen LogP contribution in [-0.2, 0) is 23.9 Å². The summed E-state index contributed by atoms with van der Waals surface area (Å²) >= 11 is 6.23. The standard InChI is InChI=1S/C20H19ClF3NO3/c1-25(12-14-5-2-3-6-15(14)20(22,23)24)18(26)11-13-9-16(21)19-17(10-13)27-7-4-8-28-19/h2-3,5-6,9-10H,4,7-8,11-12H2,1H3. The summed E-state index contributed by atoms with van der Waals surface area (Å²) in [6.45, 7) is 0.827. The number of carbonyl (C=O) groups excluding carboxylic acids is 1. The Hall–Kier alpha value is -2.41. The summed E-state index contributed by atoms with van der Waals surface area (Å²) in [6.07, 6.45) is -3.76. The van der Waals surface area contributed by atoms with Gasteiger partial charge in [-0.05, 0) is 29.3 Å². The van der Waals surface area contributed by atoms with Gasteiger partial charge in [-0.25, -0.2) is 0 Å². The lowest BCUT2D eigenvalue weighted by Gasteiger charge is -2.20. The van der Waals surface area contributed by atoms with Crippen molar-refractivity contribution in [2.75, 3.05) is 20.3 Å². The van der Waals surface area contributed by atoms with Crippen LogP contribution in [0.25, 0.3) is 0 Å². The quantitative estimate of drug-likeness (QED) is 0.728. The molecule has 150 valence electrons. The van der Waals surface area contributed by atoms with Gasteiger partial charge in [0, 0.05) is 20.0 Å². The van der Waals surface area contributed by atoms with E-state index < -0.39 is 11.7 Å². The molecule has 2 aromatic carbocycles. The first-order chi connectivity index (χ1) is 13.3. The number of halogens is 4. The summed E-state index contributed by atoms with van der Waals surface area (Å²) in [6, 6.07) is 8.53. The van der Waals surface area contributed by atoms with Crippen LogP contribution in [0.15, 0.2) is 36.4 Å². The normalized spacial score (nSPS) is 13.8. The molecular formula is C20H19ClF3NO3. The molecule has 0 atom stereocenters. The highest BCUT2D eigenvalue weighted by Gasteiger charge is 2.33. The van der Waals surface area contributed by atoms with Gasteiger partial charge < -0.3 is 14.4 Å². The van der Waals surface area contributed by atoms with Gasteiger partial charge in [0.15, 0.2) is 11.5 Å². The number of amides is 1. The number of likely N-dealkylation sites (N-methyl/N-ethyl adjacent to an activating group) is 1. The van der Waals surface area contributed by atoms with E-state index in [1.807, 2.05) is 0 Å². The van der Waals surface area contributed by atoms with Crippen LogP contribution in [0, 0.1) is 0 Å². The molecule has 0 bridgehead atoms. The predicted molar refractivity (Wildman–Crippen MR) is 98.7 cm³/mol. The van der Waals surface area contributed by atoms with Gasteiger partial charge in [0.25, 0.3) is 0 Å². The van der Waals surface area contributed by atoms with Crippen molar-refractivity contribution in [2.45, 2.75) is 25.6 Å². The molecule has 0 spiro atoms. The molecule has 0 saturated heterocycles. The summed E-state index contributed by atoms with van der Waals surface area (Å²) in [5, 5.41) is 0.340. The SMILES string of the molecule is CN(Cc1ccccc1C(F)(F)F)C(=O)Cc1cc(Cl)c2c(c1)OCCCO2. The van der Waals surface area contributed by atoms with Gasteiger partial charge in [-0.1, -0.05) is 29.8 Å². The van der Waals surface area contributed by atoms with Gasteiger partial charge in [0.1, 0.15) is 0 Å². The maximum Gasteiger partial charge on any atom is 0.416 e. The number of ether oxygens (including phenoxy) is 2. The lowest BCUT2D eigenvalue weighted by Crippen LogP contribution is -2.28. The molecular weight excluding hydrogens is 395 g/mol. The van der Waals surface area contributed by atoms with Crippen LogP contribution in [0.5, 0.6) is 11.5 Å². The largest absolute Gasteiger partial charge is 0.489 e. The number of fused-ring (bicyclic) bond motifs is 1. The zero-order valence-electron chi connectivity index (χ0n) is 15.2. The molecule has 1 amide bonds. The fraction of sp³-hybridized carbons (Fsp3) is 0.350. The molecule has 0 saturated carbocycles. The topological polar surface area (TPSA) is 38.8 Å². The Bertz CT molecular complexity index is 870. The minimum atomic E-state index is -4.47. The molecule has 4 nitrogen and oxygen atoms in total. The zero-order valence-corrected chi connectivity index (χ0v) is 15.9. The number of carbonyl (C=O) groups is 1. The highest BCUT2D eigenvalue weighted by atomic mass is 35.5. The molecule has 0 aliphatic carbocycles. The van der Waals surface area contributed by atoms with Gasteiger partial charge in [-0.15, -0.1) is 0 Å². The Morgan fingerprint density at radius 3 is 2.64 bits per heavy atom. The molecule has 0 radical (unpaired) electrons. The van der Waals surface area contributed by atoms with Crippen LogP contribution >= 0.6 is 11.6 Å². The van der Waals surface area contributed by atoms with Crippen molar-refractivity contribution in [2.24, 2.45) is 0 Å². The van der Waals surface area contributed by atoms with E-state index in [2.05, 4.69) is 0 Å². The van der Waals surface area contributed by atoms with Gasteiger partial charge in [0.05, 0.1) is 30.2 Å². The van der Waals surface area contributed by atoms with Crippen LogP contribution in [0.3, 0.4) is 0 Å². The van der Waals surface area contributed by atoms with Gasteiger partial charge >= 0.3 is 6.18 Å². The first-order valence-electron chi connectivity index (χ1n) is 8.73. The van der Waals surface area contributed by atoms with E-state index in [1.54, 1.807) is 12.1 Å². The lowest BCUT2D eigenvalue weighted by atomic mass is 10.1. The van der Waals surface area contributed by atoms with Crippen molar-refractivity contribution in [3.63, 3.8) is 0 Å². The molecule has 1 aliphatic heterocycles. The monoisotopic (exact) mass is 413 g/mol. The highest BCUT2D eigenvalue weighted by molar-refractivity contribution is 6.32. The third-order valence-electron chi connectivity index (χ3n) is 4.37. The van der Waals surface area contributed by atoms with Gasteiger partial charge in [-0.2, -0.15) is 13.2 Å². The summed E-state index contributed by atoms with van der Waals surface area (Å²) in [5.74, 6) is 0.586. The molecule has 1 heterocycles. The molecule has 8 heteroatoms. The summed E-state index contributed by atoms with van der Waals surface area (Å²) in [5.41, 5.74) is -0.0916. The first-order valence-corrected chi connectivity index (χ1v) is 9.10. The van der Waals surface area contributed by atoms with E-state index in [4.69, 9.17) is 21.1 Å². The first kappa shape index (κ1) is 20.3. The van der Waals surface area contributed by atoms with Gasteiger partial charge in [0.2, 0.25) is 5.91 Å². The highest BCUT2D eigenvalue weighted by Crippen LogP contribution is 2.38. The van der Waals surface area contributed by atoms with Crippen molar-refractivity contribution in [3.05, 3.63) is 58.1 Å². The van der Waals surface area contributed by atoms with E-state index in [9.17, 15) is 18.0 Å². The number of hydrogen-bond acceptors (Lipinski definition) is 3. The third-order valence-corrected chi connectivity index (χ3v) is 4.65. The lowest BCUT2D eigenvalue weighted by molar-refractivity contribution is -0.139. The number of benzene rings is 2. The fourth-order valence-corrected chi connectivity index (χ4v) is 3.26. The van der Waals surface area contributed by atoms with E-state index in [0.717, 1.165) is 12.5 Å². The van der Waals surface area contributed by atoms with E-state index in [0.29, 0.717) is 35.3 Å². The van der Waals surface area contributed by atoms with E-state index in [-0.39, 0.29) is 24.4 Å². The van der Waals surface area contributed by atoms with E-state index >= 15 is 0 Å². The second-order valence-corrected chi connectivity index (χ2v) is 6.94. The Labute approximate surface area is 165 Å². The second-order valence-electron chi connectivity index (χ2n) is 6.54.